The van der Waals surface area contributed by atoms with Crippen LogP contribution in [0.1, 0.15) is 64.0 Å². The van der Waals surface area contributed by atoms with Gasteiger partial charge in [-0.1, -0.05) is 6.07 Å². The Balaban J connectivity index is 2.23. The van der Waals surface area contributed by atoms with Gasteiger partial charge in [-0.15, -0.1) is 0 Å². The molecule has 0 fully saturated rings. The van der Waals surface area contributed by atoms with Gasteiger partial charge in [-0.25, -0.2) is 9.78 Å². The number of nitrogens with zero attached hydrogens (tertiary/aromatic N) is 1. The van der Waals surface area contributed by atoms with Gasteiger partial charge in [0, 0.05) is 16.8 Å². The molecule has 1 aliphatic rings. The van der Waals surface area contributed by atoms with Gasteiger partial charge in [-0.2, -0.15) is 0 Å². The van der Waals surface area contributed by atoms with E-state index in [1.165, 1.54) is 0 Å². The van der Waals surface area contributed by atoms with E-state index in [1.807, 2.05) is 53.7 Å². The molecule has 168 valence electrons. The lowest BCUT2D eigenvalue weighted by Crippen LogP contribution is -2.31. The van der Waals surface area contributed by atoms with E-state index < -0.39 is 17.7 Å². The lowest BCUT2D eigenvalue weighted by Gasteiger charge is -2.30. The summed E-state index contributed by atoms with van der Waals surface area (Å²) in [7, 11) is 0. The first kappa shape index (κ1) is 23.5. The van der Waals surface area contributed by atoms with Gasteiger partial charge < -0.3 is 19.9 Å². The highest BCUT2D eigenvalue weighted by Gasteiger charge is 2.34. The fourth-order valence-corrected chi connectivity index (χ4v) is 4.24. The van der Waals surface area contributed by atoms with Crippen molar-refractivity contribution in [3.8, 4) is 16.9 Å². The summed E-state index contributed by atoms with van der Waals surface area (Å²) in [6, 6.07) is 6.05. The van der Waals surface area contributed by atoms with Crippen molar-refractivity contribution in [2.75, 3.05) is 12.3 Å². The van der Waals surface area contributed by atoms with Crippen molar-refractivity contribution in [3.63, 3.8) is 0 Å². The number of rotatable bonds is 5. The molecule has 1 aromatic heterocycles. The number of esters is 1. The largest absolute Gasteiger partial charge is 0.493 e. The number of anilines is 1. The van der Waals surface area contributed by atoms with E-state index in [4.69, 9.17) is 19.9 Å². The third kappa shape index (κ3) is 5.39. The van der Waals surface area contributed by atoms with Gasteiger partial charge in [-0.3, -0.25) is 0 Å². The number of carbonyl (C=O) groups is 1. The first-order valence-corrected chi connectivity index (χ1v) is 11.4. The fourth-order valence-electron chi connectivity index (χ4n) is 3.71. The van der Waals surface area contributed by atoms with E-state index >= 15 is 0 Å². The number of hydrogen-bond acceptors (Lipinski definition) is 6. The van der Waals surface area contributed by atoms with E-state index in [1.54, 1.807) is 0 Å². The van der Waals surface area contributed by atoms with Gasteiger partial charge in [0.2, 0.25) is 0 Å². The summed E-state index contributed by atoms with van der Waals surface area (Å²) < 4.78 is 18.2. The molecule has 6 nitrogen and oxygen atoms in total. The summed E-state index contributed by atoms with van der Waals surface area (Å²) in [6.45, 7) is 11.9. The zero-order valence-electron chi connectivity index (χ0n) is 19.0. The number of nitrogens with two attached hydrogens (primary N) is 1. The van der Waals surface area contributed by atoms with E-state index in [0.29, 0.717) is 21.5 Å². The predicted octanol–water partition coefficient (Wildman–Crippen LogP) is 5.53. The third-order valence-corrected chi connectivity index (χ3v) is 5.69. The maximum absolute atomic E-state index is 13.2. The molecule has 0 aliphatic carbocycles. The Bertz CT molecular complexity index is 983. The molecule has 0 saturated heterocycles. The quantitative estimate of drug-likeness (QED) is 0.554. The summed E-state index contributed by atoms with van der Waals surface area (Å²) in [4.78, 5) is 17.6. The molecule has 0 amide bonds. The van der Waals surface area contributed by atoms with Gasteiger partial charge in [0.1, 0.15) is 11.6 Å². The second-order valence-electron chi connectivity index (χ2n) is 9.06. The molecule has 1 aliphatic heterocycles. The number of hydrogen-bond donors (Lipinski definition) is 1. The zero-order chi connectivity index (χ0) is 22.9. The van der Waals surface area contributed by atoms with Gasteiger partial charge in [-0.05, 0) is 93.6 Å². The Kier molecular flexibility index (Phi) is 6.96. The van der Waals surface area contributed by atoms with Crippen LogP contribution in [-0.4, -0.2) is 29.3 Å². The number of ether oxygens (including phenoxy) is 3. The number of halogens is 1. The molecule has 31 heavy (non-hydrogen) atoms. The molecule has 1 atom stereocenters. The van der Waals surface area contributed by atoms with Crippen LogP contribution in [0.25, 0.3) is 11.1 Å². The maximum Gasteiger partial charge on any atom is 0.340 e. The van der Waals surface area contributed by atoms with E-state index in [0.717, 1.165) is 41.9 Å². The number of aromatic nitrogens is 1. The highest BCUT2D eigenvalue weighted by atomic mass is 79.9. The first-order valence-electron chi connectivity index (χ1n) is 10.6. The third-order valence-electron chi connectivity index (χ3n) is 4.89. The molecule has 0 saturated carbocycles. The smallest absolute Gasteiger partial charge is 0.340 e. The van der Waals surface area contributed by atoms with Crippen molar-refractivity contribution in [3.05, 3.63) is 39.5 Å². The van der Waals surface area contributed by atoms with Crippen LogP contribution in [-0.2, 0) is 20.7 Å². The Morgan fingerprint density at radius 2 is 2.00 bits per heavy atom. The van der Waals surface area contributed by atoms with E-state index in [9.17, 15) is 4.79 Å². The second-order valence-corrected chi connectivity index (χ2v) is 9.85. The van der Waals surface area contributed by atoms with Gasteiger partial charge in [0.15, 0.2) is 6.10 Å². The SMILES string of the molecule is Cc1nc(N)c(Br)c(-c2ccc3c(c2)CCCO3)c1C(OC(C)(C)C)C(=O)OC(C)C. The first-order chi connectivity index (χ1) is 14.5. The summed E-state index contributed by atoms with van der Waals surface area (Å²) in [6.07, 6.45) is 0.688. The lowest BCUT2D eigenvalue weighted by molar-refractivity contribution is -0.171. The molecule has 0 spiro atoms. The normalized spacial score (nSPS) is 14.7. The molecular formula is C24H31BrN2O4. The Morgan fingerprint density at radius 1 is 1.29 bits per heavy atom. The van der Waals surface area contributed by atoms with Crippen LogP contribution in [0.3, 0.4) is 0 Å². The minimum Gasteiger partial charge on any atom is -0.493 e. The minimum absolute atomic E-state index is 0.270. The van der Waals surface area contributed by atoms with Crippen LogP contribution < -0.4 is 10.5 Å². The lowest BCUT2D eigenvalue weighted by atomic mass is 9.92. The van der Waals surface area contributed by atoms with Crippen molar-refractivity contribution in [1.29, 1.82) is 0 Å². The molecule has 2 heterocycles. The van der Waals surface area contributed by atoms with Crippen molar-refractivity contribution in [2.24, 2.45) is 0 Å². The molecule has 1 aromatic carbocycles. The highest BCUT2D eigenvalue weighted by Crippen LogP contribution is 2.43. The van der Waals surface area contributed by atoms with E-state index in [2.05, 4.69) is 27.0 Å². The average Bonchev–Trinajstić information content (AvgIpc) is 2.67. The number of fused-ring (bicyclic) bond motifs is 1. The molecule has 2 N–H and O–H groups in total. The summed E-state index contributed by atoms with van der Waals surface area (Å²) in [5.41, 5.74) is 9.74. The molecule has 7 heteroatoms. The summed E-state index contributed by atoms with van der Waals surface area (Å²) >= 11 is 3.62. The van der Waals surface area contributed by atoms with Crippen LogP contribution in [0.15, 0.2) is 22.7 Å². The van der Waals surface area contributed by atoms with Crippen LogP contribution >= 0.6 is 15.9 Å². The van der Waals surface area contributed by atoms with Crippen LogP contribution in [0, 0.1) is 6.92 Å². The highest BCUT2D eigenvalue weighted by molar-refractivity contribution is 9.10. The van der Waals surface area contributed by atoms with Crippen molar-refractivity contribution in [2.45, 2.75) is 72.2 Å². The van der Waals surface area contributed by atoms with Crippen LogP contribution in [0.5, 0.6) is 5.75 Å². The predicted molar refractivity (Wildman–Crippen MR) is 125 cm³/mol. The topological polar surface area (TPSA) is 83.7 Å². The summed E-state index contributed by atoms with van der Waals surface area (Å²) in [5.74, 6) is 0.805. The molecule has 1 unspecified atom stereocenters. The Labute approximate surface area is 192 Å². The number of pyridine rings is 1. The number of carbonyl (C=O) groups excluding carboxylic acids is 1. The number of nitrogen functional groups attached to an aromatic ring is 1. The molecule has 0 radical (unpaired) electrons. The molecule has 3 rings (SSSR count). The maximum atomic E-state index is 13.2. The average molecular weight is 491 g/mol. The van der Waals surface area contributed by atoms with Crippen molar-refractivity contribution in [1.82, 2.24) is 4.98 Å². The standard InChI is InChI=1S/C24H31BrN2O4/c1-13(2)30-23(28)21(31-24(4,5)6)18-14(3)27-22(26)20(25)19(18)16-9-10-17-15(12-16)8-7-11-29-17/h9-10,12-13,21H,7-8,11H2,1-6H3,(H2,26,27). The van der Waals surface area contributed by atoms with Gasteiger partial charge >= 0.3 is 5.97 Å². The monoisotopic (exact) mass is 490 g/mol. The van der Waals surface area contributed by atoms with E-state index in [-0.39, 0.29) is 6.10 Å². The second kappa shape index (κ2) is 9.17. The molecule has 0 bridgehead atoms. The van der Waals surface area contributed by atoms with Crippen molar-refractivity contribution >= 4 is 27.7 Å². The fraction of sp³-hybridized carbons (Fsp3) is 0.500. The Hall–Kier alpha value is -2.12. The molecular weight excluding hydrogens is 460 g/mol. The van der Waals surface area contributed by atoms with Crippen LogP contribution in [0.2, 0.25) is 0 Å². The van der Waals surface area contributed by atoms with Gasteiger partial charge in [0.05, 0.1) is 22.8 Å². The molecule has 2 aromatic rings. The van der Waals surface area contributed by atoms with Crippen molar-refractivity contribution < 1.29 is 19.0 Å². The Morgan fingerprint density at radius 3 is 2.65 bits per heavy atom. The minimum atomic E-state index is -0.950. The zero-order valence-corrected chi connectivity index (χ0v) is 20.6. The number of benzene rings is 1. The van der Waals surface area contributed by atoms with Gasteiger partial charge in [0.25, 0.3) is 0 Å². The number of aryl methyl sites for hydroxylation is 2. The summed E-state index contributed by atoms with van der Waals surface area (Å²) in [5, 5.41) is 0. The van der Waals surface area contributed by atoms with Crippen LogP contribution in [0.4, 0.5) is 5.82 Å².